The van der Waals surface area contributed by atoms with Gasteiger partial charge in [0.25, 0.3) is 10.0 Å². The van der Waals surface area contributed by atoms with Crippen molar-refractivity contribution < 1.29 is 32.2 Å². The Balaban J connectivity index is 2.42. The monoisotopic (exact) mass is 367 g/mol. The van der Waals surface area contributed by atoms with E-state index >= 15 is 0 Å². The summed E-state index contributed by atoms with van der Waals surface area (Å²) >= 11 is 0. The number of rotatable bonds is 6. The average Bonchev–Trinajstić information content (AvgIpc) is 2.55. The molecule has 2 aromatic rings. The summed E-state index contributed by atoms with van der Waals surface area (Å²) in [7, 11) is -4.24. The second kappa shape index (κ2) is 7.31. The quantitative estimate of drug-likeness (QED) is 0.759. The van der Waals surface area contributed by atoms with Crippen LogP contribution in [0.4, 0.5) is 10.1 Å². The molecule has 0 atom stereocenters. The Kier molecular flexibility index (Phi) is 5.38. The van der Waals surface area contributed by atoms with Gasteiger partial charge in [-0.2, -0.15) is 0 Å². The standard InChI is InChI=1S/C16H14FNO6S/c1-2-24-16(21)11-5-3-4-6-14(11)18-25(22,23)10-7-8-13(17)12(9-10)15(19)20/h3-9,18H,2H2,1H3,(H,19,20). The molecule has 2 N–H and O–H groups in total. The highest BCUT2D eigenvalue weighted by Gasteiger charge is 2.22. The highest BCUT2D eigenvalue weighted by atomic mass is 32.2. The van der Waals surface area contributed by atoms with Gasteiger partial charge in [0, 0.05) is 0 Å². The molecule has 0 heterocycles. The maximum atomic E-state index is 13.4. The lowest BCUT2D eigenvalue weighted by Crippen LogP contribution is -2.17. The molecule has 2 aromatic carbocycles. The molecule has 0 saturated heterocycles. The maximum absolute atomic E-state index is 13.4. The van der Waals surface area contributed by atoms with Gasteiger partial charge < -0.3 is 9.84 Å². The SMILES string of the molecule is CCOC(=O)c1ccccc1NS(=O)(=O)c1ccc(F)c(C(=O)O)c1. The first-order valence-electron chi connectivity index (χ1n) is 7.08. The number of hydrogen-bond acceptors (Lipinski definition) is 5. The summed E-state index contributed by atoms with van der Waals surface area (Å²) in [6.07, 6.45) is 0. The molecule has 0 aliphatic heterocycles. The minimum absolute atomic E-state index is 0.00602. The van der Waals surface area contributed by atoms with Gasteiger partial charge in [-0.3, -0.25) is 4.72 Å². The molecule has 2 rings (SSSR count). The predicted molar refractivity (Wildman–Crippen MR) is 86.6 cm³/mol. The van der Waals surface area contributed by atoms with Crippen LogP contribution in [0.15, 0.2) is 47.4 Å². The summed E-state index contributed by atoms with van der Waals surface area (Å²) in [5.41, 5.74) is -0.822. The summed E-state index contributed by atoms with van der Waals surface area (Å²) in [5, 5.41) is 8.91. The molecule has 25 heavy (non-hydrogen) atoms. The van der Waals surface area contributed by atoms with Gasteiger partial charge in [0.05, 0.1) is 28.3 Å². The van der Waals surface area contributed by atoms with E-state index in [2.05, 4.69) is 4.72 Å². The van der Waals surface area contributed by atoms with E-state index in [-0.39, 0.29) is 17.9 Å². The van der Waals surface area contributed by atoms with Crippen LogP contribution in [0.2, 0.25) is 0 Å². The summed E-state index contributed by atoms with van der Waals surface area (Å²) in [5.74, 6) is -3.37. The second-order valence-corrected chi connectivity index (χ2v) is 6.50. The number of sulfonamides is 1. The zero-order valence-corrected chi connectivity index (χ0v) is 13.8. The molecule has 7 nitrogen and oxygen atoms in total. The van der Waals surface area contributed by atoms with Crippen molar-refractivity contribution in [3.8, 4) is 0 Å². The molecule has 0 saturated carbocycles. The predicted octanol–water partition coefficient (Wildman–Crippen LogP) is 2.50. The first kappa shape index (κ1) is 18.4. The van der Waals surface area contributed by atoms with E-state index in [1.165, 1.54) is 24.3 Å². The van der Waals surface area contributed by atoms with Crippen LogP contribution in [-0.4, -0.2) is 32.1 Å². The van der Waals surface area contributed by atoms with Gasteiger partial charge in [0.2, 0.25) is 0 Å². The van der Waals surface area contributed by atoms with Gasteiger partial charge in [-0.15, -0.1) is 0 Å². The number of carbonyl (C=O) groups excluding carboxylic acids is 1. The second-order valence-electron chi connectivity index (χ2n) is 4.82. The van der Waals surface area contributed by atoms with Crippen molar-refractivity contribution >= 4 is 27.6 Å². The number of anilines is 1. The average molecular weight is 367 g/mol. The van der Waals surface area contributed by atoms with Crippen molar-refractivity contribution in [2.24, 2.45) is 0 Å². The number of benzene rings is 2. The van der Waals surface area contributed by atoms with Gasteiger partial charge >= 0.3 is 11.9 Å². The third-order valence-corrected chi connectivity index (χ3v) is 4.51. The molecule has 132 valence electrons. The summed E-state index contributed by atoms with van der Waals surface area (Å²) in [4.78, 5) is 22.4. The summed E-state index contributed by atoms with van der Waals surface area (Å²) in [6, 6.07) is 8.15. The Hall–Kier alpha value is -2.94. The number of nitrogens with one attached hydrogen (secondary N) is 1. The first-order chi connectivity index (χ1) is 11.8. The Morgan fingerprint density at radius 3 is 2.48 bits per heavy atom. The van der Waals surface area contributed by atoms with Crippen LogP contribution in [0.5, 0.6) is 0 Å². The van der Waals surface area contributed by atoms with Crippen molar-refractivity contribution in [1.82, 2.24) is 0 Å². The van der Waals surface area contributed by atoms with Crippen LogP contribution in [0.25, 0.3) is 0 Å². The van der Waals surface area contributed by atoms with Gasteiger partial charge in [-0.05, 0) is 37.3 Å². The summed E-state index contributed by atoms with van der Waals surface area (Å²) in [6.45, 7) is 1.72. The van der Waals surface area contributed by atoms with Crippen LogP contribution < -0.4 is 4.72 Å². The molecule has 0 fully saturated rings. The highest BCUT2D eigenvalue weighted by molar-refractivity contribution is 7.92. The Bertz CT molecular complexity index is 926. The lowest BCUT2D eigenvalue weighted by atomic mass is 10.2. The fourth-order valence-corrected chi connectivity index (χ4v) is 3.10. The van der Waals surface area contributed by atoms with E-state index in [1.807, 2.05) is 0 Å². The van der Waals surface area contributed by atoms with E-state index < -0.39 is 38.2 Å². The molecular formula is C16H14FNO6S. The minimum atomic E-state index is -4.24. The number of carboxylic acid groups (broad SMARTS) is 1. The van der Waals surface area contributed by atoms with Crippen molar-refractivity contribution in [2.45, 2.75) is 11.8 Å². The normalized spacial score (nSPS) is 11.0. The Morgan fingerprint density at radius 1 is 1.16 bits per heavy atom. The first-order valence-corrected chi connectivity index (χ1v) is 8.56. The minimum Gasteiger partial charge on any atom is -0.478 e. The molecule has 0 amide bonds. The van der Waals surface area contributed by atoms with Crippen molar-refractivity contribution in [2.75, 3.05) is 11.3 Å². The van der Waals surface area contributed by atoms with Gasteiger partial charge in [0.1, 0.15) is 5.82 Å². The molecule has 9 heteroatoms. The Morgan fingerprint density at radius 2 is 1.84 bits per heavy atom. The van der Waals surface area contributed by atoms with Crippen molar-refractivity contribution in [3.63, 3.8) is 0 Å². The maximum Gasteiger partial charge on any atom is 0.340 e. The highest BCUT2D eigenvalue weighted by Crippen LogP contribution is 2.22. The molecule has 0 unspecified atom stereocenters. The molecular weight excluding hydrogens is 353 g/mol. The molecule has 0 radical (unpaired) electrons. The van der Waals surface area contributed by atoms with Crippen LogP contribution >= 0.6 is 0 Å². The smallest absolute Gasteiger partial charge is 0.340 e. The molecule has 0 aliphatic carbocycles. The van der Waals surface area contributed by atoms with E-state index in [9.17, 15) is 22.4 Å². The molecule has 0 bridgehead atoms. The third kappa shape index (κ3) is 4.13. The molecule has 0 spiro atoms. The van der Waals surface area contributed by atoms with E-state index in [4.69, 9.17) is 9.84 Å². The topological polar surface area (TPSA) is 110 Å². The molecule has 0 aromatic heterocycles. The molecule has 0 aliphatic rings. The number of para-hydroxylation sites is 1. The van der Waals surface area contributed by atoms with Gasteiger partial charge in [0.15, 0.2) is 0 Å². The number of hydrogen-bond donors (Lipinski definition) is 2. The lowest BCUT2D eigenvalue weighted by Gasteiger charge is -2.12. The van der Waals surface area contributed by atoms with E-state index in [0.717, 1.165) is 12.1 Å². The number of aromatic carboxylic acids is 1. The zero-order chi connectivity index (χ0) is 18.6. The number of carboxylic acids is 1. The zero-order valence-electron chi connectivity index (χ0n) is 13.0. The van der Waals surface area contributed by atoms with E-state index in [0.29, 0.717) is 6.07 Å². The fourth-order valence-electron chi connectivity index (χ4n) is 2.00. The lowest BCUT2D eigenvalue weighted by molar-refractivity contribution is 0.0527. The number of carbonyl (C=O) groups is 2. The number of esters is 1. The van der Waals surface area contributed by atoms with Crippen LogP contribution in [0.1, 0.15) is 27.6 Å². The van der Waals surface area contributed by atoms with Crippen molar-refractivity contribution in [1.29, 1.82) is 0 Å². The van der Waals surface area contributed by atoms with Crippen molar-refractivity contribution in [3.05, 3.63) is 59.4 Å². The Labute approximate surface area is 143 Å². The van der Waals surface area contributed by atoms with Crippen LogP contribution in [0.3, 0.4) is 0 Å². The number of ether oxygens (including phenoxy) is 1. The van der Waals surface area contributed by atoms with Gasteiger partial charge in [-0.1, -0.05) is 12.1 Å². The third-order valence-electron chi connectivity index (χ3n) is 3.15. The van der Waals surface area contributed by atoms with Crippen LogP contribution in [0, 0.1) is 5.82 Å². The fraction of sp³-hybridized carbons (Fsp3) is 0.125. The number of halogens is 1. The summed E-state index contributed by atoms with van der Waals surface area (Å²) < 4.78 is 45.4. The van der Waals surface area contributed by atoms with Crippen LogP contribution in [-0.2, 0) is 14.8 Å². The largest absolute Gasteiger partial charge is 0.478 e. The van der Waals surface area contributed by atoms with Gasteiger partial charge in [-0.25, -0.2) is 22.4 Å². The van der Waals surface area contributed by atoms with E-state index in [1.54, 1.807) is 6.92 Å².